The van der Waals surface area contributed by atoms with Crippen LogP contribution in [-0.4, -0.2) is 34.6 Å². The van der Waals surface area contributed by atoms with E-state index in [1.165, 1.54) is 18.7 Å². The summed E-state index contributed by atoms with van der Waals surface area (Å²) < 4.78 is 5.73. The van der Waals surface area contributed by atoms with E-state index in [0.29, 0.717) is 0 Å². The lowest BCUT2D eigenvalue weighted by atomic mass is 9.98. The number of rotatable bonds is 4. The van der Waals surface area contributed by atoms with Crippen LogP contribution in [0.5, 0.6) is 11.5 Å². The van der Waals surface area contributed by atoms with Crippen LogP contribution in [-0.2, 0) is 4.79 Å². The topological polar surface area (TPSA) is 115 Å². The quantitative estimate of drug-likeness (QED) is 0.753. The van der Waals surface area contributed by atoms with Crippen LogP contribution < -0.4 is 15.8 Å². The van der Waals surface area contributed by atoms with E-state index in [4.69, 9.17) is 10.5 Å². The Morgan fingerprint density at radius 2 is 2.10 bits per heavy atom. The molecule has 7 nitrogen and oxygen atoms in total. The molecule has 2 amide bonds. The summed E-state index contributed by atoms with van der Waals surface area (Å²) in [6.45, 7) is -0.315. The summed E-state index contributed by atoms with van der Waals surface area (Å²) in [4.78, 5) is 26.7. The number of aromatic hydroxyl groups is 1. The molecule has 1 saturated carbocycles. The zero-order chi connectivity index (χ0) is 15.2. The van der Waals surface area contributed by atoms with Gasteiger partial charge in [0.25, 0.3) is 5.91 Å². The van der Waals surface area contributed by atoms with Crippen LogP contribution in [0.25, 0.3) is 0 Å². The Morgan fingerprint density at radius 1 is 1.38 bits per heavy atom. The SMILES string of the molecule is NCC(=O)NC(=O)c1nccc(OC2CCCCC2)c1O. The van der Waals surface area contributed by atoms with Gasteiger partial charge >= 0.3 is 0 Å². The molecule has 0 unspecified atom stereocenters. The van der Waals surface area contributed by atoms with Gasteiger partial charge in [0.1, 0.15) is 0 Å². The Kier molecular flexibility index (Phi) is 5.10. The van der Waals surface area contributed by atoms with Gasteiger partial charge in [0.15, 0.2) is 17.2 Å². The van der Waals surface area contributed by atoms with Gasteiger partial charge in [0, 0.05) is 12.3 Å². The van der Waals surface area contributed by atoms with Crippen LogP contribution in [0.1, 0.15) is 42.6 Å². The normalized spacial score (nSPS) is 15.5. The van der Waals surface area contributed by atoms with E-state index >= 15 is 0 Å². The Balaban J connectivity index is 2.11. The summed E-state index contributed by atoms with van der Waals surface area (Å²) in [5.74, 6) is -1.58. The Labute approximate surface area is 122 Å². The number of imide groups is 1. The molecule has 2 rings (SSSR count). The largest absolute Gasteiger partial charge is 0.503 e. The highest BCUT2D eigenvalue weighted by Crippen LogP contribution is 2.31. The molecule has 114 valence electrons. The number of pyridine rings is 1. The minimum Gasteiger partial charge on any atom is -0.503 e. The molecule has 0 aliphatic heterocycles. The van der Waals surface area contributed by atoms with E-state index in [0.717, 1.165) is 25.7 Å². The number of nitrogens with zero attached hydrogens (tertiary/aromatic N) is 1. The second-order valence-electron chi connectivity index (χ2n) is 4.97. The van der Waals surface area contributed by atoms with Crippen molar-refractivity contribution >= 4 is 11.8 Å². The zero-order valence-corrected chi connectivity index (χ0v) is 11.7. The van der Waals surface area contributed by atoms with Gasteiger partial charge in [-0.1, -0.05) is 6.42 Å². The van der Waals surface area contributed by atoms with Gasteiger partial charge in [0.2, 0.25) is 5.91 Å². The molecule has 0 saturated heterocycles. The average molecular weight is 293 g/mol. The summed E-state index contributed by atoms with van der Waals surface area (Å²) in [6, 6.07) is 1.51. The first-order valence-electron chi connectivity index (χ1n) is 7.00. The van der Waals surface area contributed by atoms with Crippen molar-refractivity contribution in [1.82, 2.24) is 10.3 Å². The van der Waals surface area contributed by atoms with Gasteiger partial charge in [-0.3, -0.25) is 14.9 Å². The number of aromatic nitrogens is 1. The summed E-state index contributed by atoms with van der Waals surface area (Å²) >= 11 is 0. The lowest BCUT2D eigenvalue weighted by Gasteiger charge is -2.23. The molecule has 0 bridgehead atoms. The molecular weight excluding hydrogens is 274 g/mol. The van der Waals surface area contributed by atoms with Crippen LogP contribution in [0.15, 0.2) is 12.3 Å². The minimum atomic E-state index is -0.794. The highest BCUT2D eigenvalue weighted by molar-refractivity contribution is 6.05. The number of nitrogens with one attached hydrogen (secondary N) is 1. The fourth-order valence-corrected chi connectivity index (χ4v) is 2.30. The van der Waals surface area contributed by atoms with Crippen molar-refractivity contribution in [1.29, 1.82) is 0 Å². The number of carbonyl (C=O) groups excluding carboxylic acids is 2. The molecule has 7 heteroatoms. The molecule has 0 aromatic carbocycles. The third-order valence-electron chi connectivity index (χ3n) is 3.39. The van der Waals surface area contributed by atoms with Crippen LogP contribution in [0, 0.1) is 0 Å². The van der Waals surface area contributed by atoms with Gasteiger partial charge in [-0.15, -0.1) is 0 Å². The highest BCUT2D eigenvalue weighted by Gasteiger charge is 2.21. The number of amides is 2. The number of hydrogen-bond acceptors (Lipinski definition) is 6. The summed E-state index contributed by atoms with van der Waals surface area (Å²) in [5, 5.41) is 12.1. The fraction of sp³-hybridized carbons (Fsp3) is 0.500. The molecule has 1 fully saturated rings. The zero-order valence-electron chi connectivity index (χ0n) is 11.7. The van der Waals surface area contributed by atoms with Gasteiger partial charge in [0.05, 0.1) is 12.6 Å². The van der Waals surface area contributed by atoms with Crippen LogP contribution in [0.3, 0.4) is 0 Å². The van der Waals surface area contributed by atoms with Crippen molar-refractivity contribution < 1.29 is 19.4 Å². The van der Waals surface area contributed by atoms with E-state index < -0.39 is 11.8 Å². The van der Waals surface area contributed by atoms with Gasteiger partial charge in [-0.05, 0) is 25.7 Å². The molecule has 4 N–H and O–H groups in total. The van der Waals surface area contributed by atoms with Crippen molar-refractivity contribution in [3.63, 3.8) is 0 Å². The monoisotopic (exact) mass is 293 g/mol. The molecule has 21 heavy (non-hydrogen) atoms. The second kappa shape index (κ2) is 7.03. The molecule has 1 aromatic rings. The van der Waals surface area contributed by atoms with E-state index in [2.05, 4.69) is 4.98 Å². The molecule has 1 aliphatic rings. The predicted octanol–water partition coefficient (Wildman–Crippen LogP) is 0.714. The number of nitrogens with two attached hydrogens (primary N) is 1. The van der Waals surface area contributed by atoms with Gasteiger partial charge in [-0.25, -0.2) is 4.98 Å². The lowest BCUT2D eigenvalue weighted by molar-refractivity contribution is -0.118. The van der Waals surface area contributed by atoms with E-state index in [1.54, 1.807) is 0 Å². The third kappa shape index (κ3) is 3.91. The molecule has 0 atom stereocenters. The number of ether oxygens (including phenoxy) is 1. The summed E-state index contributed by atoms with van der Waals surface area (Å²) in [5.41, 5.74) is 4.87. The maximum absolute atomic E-state index is 11.8. The standard InChI is InChI=1S/C14H19N3O4/c15-8-11(18)17-14(20)12-13(19)10(6-7-16-12)21-9-4-2-1-3-5-9/h6-7,9,19H,1-5,8,15H2,(H,17,18,20). The highest BCUT2D eigenvalue weighted by atomic mass is 16.5. The van der Waals surface area contributed by atoms with E-state index in [-0.39, 0.29) is 29.8 Å². The summed E-state index contributed by atoms with van der Waals surface area (Å²) in [7, 11) is 0. The second-order valence-corrected chi connectivity index (χ2v) is 4.97. The van der Waals surface area contributed by atoms with Crippen LogP contribution in [0.4, 0.5) is 0 Å². The Bertz CT molecular complexity index is 527. The van der Waals surface area contributed by atoms with E-state index in [9.17, 15) is 14.7 Å². The maximum Gasteiger partial charge on any atom is 0.280 e. The minimum absolute atomic E-state index is 0.0358. The first-order valence-corrected chi connectivity index (χ1v) is 7.00. The van der Waals surface area contributed by atoms with Crippen LogP contribution >= 0.6 is 0 Å². The number of carbonyl (C=O) groups is 2. The average Bonchev–Trinajstić information content (AvgIpc) is 2.50. The van der Waals surface area contributed by atoms with Crippen LogP contribution in [0.2, 0.25) is 0 Å². The molecule has 0 radical (unpaired) electrons. The molecule has 1 heterocycles. The first kappa shape index (κ1) is 15.2. The van der Waals surface area contributed by atoms with Crippen molar-refractivity contribution in [3.05, 3.63) is 18.0 Å². The smallest absolute Gasteiger partial charge is 0.280 e. The van der Waals surface area contributed by atoms with Crippen molar-refractivity contribution in [2.24, 2.45) is 5.73 Å². The summed E-state index contributed by atoms with van der Waals surface area (Å²) in [6.07, 6.45) is 6.62. The maximum atomic E-state index is 11.8. The fourth-order valence-electron chi connectivity index (χ4n) is 2.30. The van der Waals surface area contributed by atoms with Crippen molar-refractivity contribution in [3.8, 4) is 11.5 Å². The molecular formula is C14H19N3O4. The number of hydrogen-bond donors (Lipinski definition) is 3. The first-order chi connectivity index (χ1) is 10.1. The van der Waals surface area contributed by atoms with Crippen molar-refractivity contribution in [2.45, 2.75) is 38.2 Å². The van der Waals surface area contributed by atoms with Gasteiger partial charge in [-0.2, -0.15) is 0 Å². The van der Waals surface area contributed by atoms with Crippen molar-refractivity contribution in [2.75, 3.05) is 6.54 Å². The Hall–Kier alpha value is -2.15. The Morgan fingerprint density at radius 3 is 2.76 bits per heavy atom. The predicted molar refractivity (Wildman–Crippen MR) is 74.9 cm³/mol. The van der Waals surface area contributed by atoms with E-state index in [1.807, 2.05) is 5.32 Å². The molecule has 1 aromatic heterocycles. The molecule has 0 spiro atoms. The molecule has 1 aliphatic carbocycles. The third-order valence-corrected chi connectivity index (χ3v) is 3.39. The lowest BCUT2D eigenvalue weighted by Crippen LogP contribution is -2.35. The van der Waals surface area contributed by atoms with Gasteiger partial charge < -0.3 is 15.6 Å².